The Morgan fingerprint density at radius 3 is 2.87 bits per heavy atom. The summed E-state index contributed by atoms with van der Waals surface area (Å²) in [4.78, 5) is 3.38. The second kappa shape index (κ2) is 7.34. The molecule has 4 nitrogen and oxygen atoms in total. The van der Waals surface area contributed by atoms with E-state index in [9.17, 15) is 5.11 Å². The van der Waals surface area contributed by atoms with Gasteiger partial charge in [-0.2, -0.15) is 0 Å². The van der Waals surface area contributed by atoms with E-state index in [0.717, 1.165) is 35.8 Å². The van der Waals surface area contributed by atoms with E-state index in [1.807, 2.05) is 29.6 Å². The van der Waals surface area contributed by atoms with Gasteiger partial charge in [-0.25, -0.2) is 0 Å². The predicted molar refractivity (Wildman–Crippen MR) is 92.4 cm³/mol. The summed E-state index contributed by atoms with van der Waals surface area (Å²) in [6, 6.07) is 10.3. The smallest absolute Gasteiger partial charge is 0.127 e. The summed E-state index contributed by atoms with van der Waals surface area (Å²) in [5.41, 5.74) is 1.17. The van der Waals surface area contributed by atoms with Crippen LogP contribution in [0, 0.1) is 0 Å². The maximum atomic E-state index is 10.5. The number of aliphatic hydroxyl groups excluding tert-OH is 1. The highest BCUT2D eigenvalue weighted by Gasteiger charge is 2.30. The lowest BCUT2D eigenvalue weighted by Gasteiger charge is -2.28. The molecule has 1 aromatic heterocycles. The lowest BCUT2D eigenvalue weighted by atomic mass is 10.0. The van der Waals surface area contributed by atoms with E-state index in [0.29, 0.717) is 6.54 Å². The SMILES string of the molecule is COc1ccc(C2CCCN2CC(O)c2cccs2)c(OC)c1. The predicted octanol–water partition coefficient (Wildman–Crippen LogP) is 3.64. The lowest BCUT2D eigenvalue weighted by molar-refractivity contribution is 0.108. The van der Waals surface area contributed by atoms with Crippen molar-refractivity contribution in [3.8, 4) is 11.5 Å². The number of hydrogen-bond acceptors (Lipinski definition) is 5. The van der Waals surface area contributed by atoms with E-state index in [1.54, 1.807) is 25.6 Å². The maximum absolute atomic E-state index is 10.5. The second-order valence-electron chi connectivity index (χ2n) is 5.79. The van der Waals surface area contributed by atoms with Crippen LogP contribution in [0.4, 0.5) is 0 Å². The summed E-state index contributed by atoms with van der Waals surface area (Å²) in [6.07, 6.45) is 1.79. The van der Waals surface area contributed by atoms with Crippen LogP contribution in [0.1, 0.15) is 35.4 Å². The zero-order valence-electron chi connectivity index (χ0n) is 13.6. The number of methoxy groups -OCH3 is 2. The van der Waals surface area contributed by atoms with Gasteiger partial charge >= 0.3 is 0 Å². The number of benzene rings is 1. The van der Waals surface area contributed by atoms with Crippen molar-refractivity contribution in [2.24, 2.45) is 0 Å². The van der Waals surface area contributed by atoms with Crippen molar-refractivity contribution in [3.05, 3.63) is 46.2 Å². The molecule has 1 saturated heterocycles. The highest BCUT2D eigenvalue weighted by Crippen LogP contribution is 2.39. The molecule has 5 heteroatoms. The van der Waals surface area contributed by atoms with E-state index in [4.69, 9.17) is 9.47 Å². The molecule has 23 heavy (non-hydrogen) atoms. The Morgan fingerprint density at radius 1 is 1.30 bits per heavy atom. The third-order valence-electron chi connectivity index (χ3n) is 4.44. The highest BCUT2D eigenvalue weighted by molar-refractivity contribution is 7.10. The molecule has 124 valence electrons. The van der Waals surface area contributed by atoms with Gasteiger partial charge in [-0.1, -0.05) is 12.1 Å². The van der Waals surface area contributed by atoms with Crippen molar-refractivity contribution < 1.29 is 14.6 Å². The van der Waals surface area contributed by atoms with Crippen molar-refractivity contribution >= 4 is 11.3 Å². The van der Waals surface area contributed by atoms with E-state index in [1.165, 1.54) is 5.56 Å². The third kappa shape index (κ3) is 3.52. The fourth-order valence-electron chi connectivity index (χ4n) is 3.28. The van der Waals surface area contributed by atoms with E-state index in [-0.39, 0.29) is 6.04 Å². The number of rotatable bonds is 6. The molecule has 2 atom stereocenters. The van der Waals surface area contributed by atoms with Gasteiger partial charge in [0.05, 0.1) is 14.2 Å². The Balaban J connectivity index is 1.78. The maximum Gasteiger partial charge on any atom is 0.127 e. The average molecular weight is 333 g/mol. The Hall–Kier alpha value is -1.56. The summed E-state index contributed by atoms with van der Waals surface area (Å²) in [7, 11) is 3.35. The largest absolute Gasteiger partial charge is 0.497 e. The van der Waals surface area contributed by atoms with Gasteiger partial charge in [-0.05, 0) is 36.9 Å². The van der Waals surface area contributed by atoms with E-state index < -0.39 is 6.10 Å². The first-order valence-electron chi connectivity index (χ1n) is 7.90. The van der Waals surface area contributed by atoms with E-state index >= 15 is 0 Å². The van der Waals surface area contributed by atoms with Gasteiger partial charge in [0.15, 0.2) is 0 Å². The molecule has 1 aliphatic heterocycles. The zero-order valence-corrected chi connectivity index (χ0v) is 14.4. The molecule has 0 bridgehead atoms. The van der Waals surface area contributed by atoms with Crippen LogP contribution in [-0.2, 0) is 0 Å². The first-order chi connectivity index (χ1) is 11.2. The topological polar surface area (TPSA) is 41.9 Å². The second-order valence-corrected chi connectivity index (χ2v) is 6.77. The number of aliphatic hydroxyl groups is 1. The minimum Gasteiger partial charge on any atom is -0.497 e. The van der Waals surface area contributed by atoms with Crippen molar-refractivity contribution in [2.45, 2.75) is 25.0 Å². The number of thiophene rings is 1. The molecule has 1 aromatic carbocycles. The van der Waals surface area contributed by atoms with E-state index in [2.05, 4.69) is 11.0 Å². The molecular formula is C18H23NO3S. The van der Waals surface area contributed by atoms with Gasteiger partial charge in [-0.3, -0.25) is 4.90 Å². The zero-order chi connectivity index (χ0) is 16.2. The van der Waals surface area contributed by atoms with Crippen LogP contribution in [0.5, 0.6) is 11.5 Å². The molecule has 0 amide bonds. The lowest BCUT2D eigenvalue weighted by Crippen LogP contribution is -2.28. The van der Waals surface area contributed by atoms with Crippen LogP contribution < -0.4 is 9.47 Å². The average Bonchev–Trinajstić information content (AvgIpc) is 3.26. The van der Waals surface area contributed by atoms with Crippen molar-refractivity contribution in [3.63, 3.8) is 0 Å². The van der Waals surface area contributed by atoms with Crippen LogP contribution >= 0.6 is 11.3 Å². The van der Waals surface area contributed by atoms with Crippen molar-refractivity contribution in [2.75, 3.05) is 27.3 Å². The molecule has 1 N–H and O–H groups in total. The van der Waals surface area contributed by atoms with Crippen LogP contribution in [0.2, 0.25) is 0 Å². The molecule has 1 aliphatic rings. The summed E-state index contributed by atoms with van der Waals surface area (Å²) >= 11 is 1.61. The summed E-state index contributed by atoms with van der Waals surface area (Å²) in [5, 5.41) is 12.5. The highest BCUT2D eigenvalue weighted by atomic mass is 32.1. The quantitative estimate of drug-likeness (QED) is 0.876. The van der Waals surface area contributed by atoms with Crippen LogP contribution in [0.3, 0.4) is 0 Å². The standard InChI is InChI=1S/C18H23NO3S/c1-21-13-7-8-14(17(11-13)22-2)15-5-3-9-19(15)12-16(20)18-6-4-10-23-18/h4,6-8,10-11,15-16,20H,3,5,9,12H2,1-2H3. The Morgan fingerprint density at radius 2 is 2.17 bits per heavy atom. The van der Waals surface area contributed by atoms with Gasteiger partial charge in [0.1, 0.15) is 17.6 Å². The molecule has 2 heterocycles. The number of ether oxygens (including phenoxy) is 2. The van der Waals surface area contributed by atoms with Crippen LogP contribution in [-0.4, -0.2) is 37.3 Å². The van der Waals surface area contributed by atoms with Crippen molar-refractivity contribution in [1.29, 1.82) is 0 Å². The number of nitrogens with zero attached hydrogens (tertiary/aromatic N) is 1. The fraction of sp³-hybridized carbons (Fsp3) is 0.444. The fourth-order valence-corrected chi connectivity index (χ4v) is 3.99. The molecule has 2 unspecified atom stereocenters. The summed E-state index contributed by atoms with van der Waals surface area (Å²) < 4.78 is 10.8. The molecule has 3 rings (SSSR count). The Kier molecular flexibility index (Phi) is 5.20. The first kappa shape index (κ1) is 16.3. The van der Waals surface area contributed by atoms with Crippen LogP contribution in [0.15, 0.2) is 35.7 Å². The molecule has 1 fully saturated rings. The monoisotopic (exact) mass is 333 g/mol. The van der Waals surface area contributed by atoms with Gasteiger partial charge in [0.2, 0.25) is 0 Å². The molecular weight excluding hydrogens is 310 g/mol. The molecule has 0 aliphatic carbocycles. The Labute approximate surface area is 141 Å². The molecule has 0 spiro atoms. The molecule has 0 radical (unpaired) electrons. The number of hydrogen-bond donors (Lipinski definition) is 1. The number of likely N-dealkylation sites (tertiary alicyclic amines) is 1. The summed E-state index contributed by atoms with van der Waals surface area (Å²) in [6.45, 7) is 1.66. The van der Waals surface area contributed by atoms with Gasteiger partial charge in [0.25, 0.3) is 0 Å². The summed E-state index contributed by atoms with van der Waals surface area (Å²) in [5.74, 6) is 1.65. The first-order valence-corrected chi connectivity index (χ1v) is 8.78. The van der Waals surface area contributed by atoms with Gasteiger partial charge in [-0.15, -0.1) is 11.3 Å². The van der Waals surface area contributed by atoms with Crippen molar-refractivity contribution in [1.82, 2.24) is 4.90 Å². The van der Waals surface area contributed by atoms with Crippen LogP contribution in [0.25, 0.3) is 0 Å². The van der Waals surface area contributed by atoms with Gasteiger partial charge < -0.3 is 14.6 Å². The third-order valence-corrected chi connectivity index (χ3v) is 5.42. The minimum absolute atomic E-state index is 0.283. The molecule has 2 aromatic rings. The Bertz CT molecular complexity index is 629. The number of β-amino-alcohol motifs (C(OH)–C–C–N with tert-alkyl or cyclic N) is 1. The molecule has 0 saturated carbocycles. The minimum atomic E-state index is -0.431. The normalized spacial score (nSPS) is 19.7. The van der Waals surface area contributed by atoms with Gasteiger partial charge in [0, 0.05) is 29.1 Å².